The molecule has 0 aliphatic carbocycles. The third-order valence-corrected chi connectivity index (χ3v) is 6.69. The van der Waals surface area contributed by atoms with E-state index in [9.17, 15) is 13.2 Å². The van der Waals surface area contributed by atoms with E-state index in [-0.39, 0.29) is 16.8 Å². The number of hydrogen-bond donors (Lipinski definition) is 1. The predicted molar refractivity (Wildman–Crippen MR) is 102 cm³/mol. The second kappa shape index (κ2) is 8.50. The number of nitrogens with zero attached hydrogens (tertiary/aromatic N) is 1. The zero-order valence-corrected chi connectivity index (χ0v) is 17.1. The number of ether oxygens (including phenoxy) is 1. The summed E-state index contributed by atoms with van der Waals surface area (Å²) in [6.07, 6.45) is 0. The summed E-state index contributed by atoms with van der Waals surface area (Å²) in [5.41, 5.74) is 1.17. The van der Waals surface area contributed by atoms with Crippen molar-refractivity contribution >= 4 is 15.9 Å². The molecule has 0 unspecified atom stereocenters. The summed E-state index contributed by atoms with van der Waals surface area (Å²) in [6.45, 7) is 11.5. The Balaban J connectivity index is 2.30. The molecule has 0 bridgehead atoms. The van der Waals surface area contributed by atoms with Crippen molar-refractivity contribution < 1.29 is 17.9 Å². The number of benzene rings is 1. The van der Waals surface area contributed by atoms with Crippen LogP contribution < -0.4 is 5.32 Å². The second-order valence-corrected chi connectivity index (χ2v) is 9.42. The van der Waals surface area contributed by atoms with E-state index in [4.69, 9.17) is 4.74 Å². The van der Waals surface area contributed by atoms with Gasteiger partial charge in [-0.1, -0.05) is 33.8 Å². The minimum absolute atomic E-state index is 0.0291. The highest BCUT2D eigenvalue weighted by Gasteiger charge is 2.28. The maximum absolute atomic E-state index is 12.9. The van der Waals surface area contributed by atoms with Crippen molar-refractivity contribution in [3.63, 3.8) is 0 Å². The van der Waals surface area contributed by atoms with Gasteiger partial charge in [-0.2, -0.15) is 4.31 Å². The van der Waals surface area contributed by atoms with E-state index in [1.165, 1.54) is 10.4 Å². The Morgan fingerprint density at radius 3 is 2.23 bits per heavy atom. The fourth-order valence-corrected chi connectivity index (χ4v) is 4.71. The first-order chi connectivity index (χ1) is 12.1. The topological polar surface area (TPSA) is 75.7 Å². The van der Waals surface area contributed by atoms with Crippen LogP contribution in [0, 0.1) is 18.8 Å². The highest BCUT2D eigenvalue weighted by atomic mass is 32.2. The summed E-state index contributed by atoms with van der Waals surface area (Å²) in [5, 5.41) is 3.06. The Morgan fingerprint density at radius 1 is 1.12 bits per heavy atom. The number of aryl methyl sites for hydroxylation is 1. The molecule has 0 aromatic heterocycles. The van der Waals surface area contributed by atoms with E-state index in [0.29, 0.717) is 43.7 Å². The van der Waals surface area contributed by atoms with Crippen LogP contribution >= 0.6 is 0 Å². The van der Waals surface area contributed by atoms with Gasteiger partial charge in [0.15, 0.2) is 0 Å². The van der Waals surface area contributed by atoms with Gasteiger partial charge in [0.25, 0.3) is 5.91 Å². The molecular weight excluding hydrogens is 352 g/mol. The number of amides is 1. The summed E-state index contributed by atoms with van der Waals surface area (Å²) in [4.78, 5) is 13.0. The number of morpholine rings is 1. The van der Waals surface area contributed by atoms with Gasteiger partial charge < -0.3 is 10.1 Å². The van der Waals surface area contributed by atoms with Gasteiger partial charge in [-0.25, -0.2) is 8.42 Å². The number of hydrogen-bond acceptors (Lipinski definition) is 4. The zero-order chi connectivity index (χ0) is 19.5. The molecule has 0 atom stereocenters. The van der Waals surface area contributed by atoms with Crippen LogP contribution in [0.4, 0.5) is 0 Å². The predicted octanol–water partition coefficient (Wildman–Crippen LogP) is 2.43. The maximum Gasteiger partial charge on any atom is 0.251 e. The fraction of sp³-hybridized carbons (Fsp3) is 0.632. The molecule has 1 heterocycles. The monoisotopic (exact) mass is 382 g/mol. The zero-order valence-electron chi connectivity index (χ0n) is 16.3. The highest BCUT2D eigenvalue weighted by molar-refractivity contribution is 7.89. The Kier molecular flexibility index (Phi) is 6.82. The molecule has 1 aliphatic rings. The van der Waals surface area contributed by atoms with Gasteiger partial charge >= 0.3 is 0 Å². The molecule has 2 rings (SSSR count). The van der Waals surface area contributed by atoms with Crippen molar-refractivity contribution in [3.05, 3.63) is 29.3 Å². The molecule has 0 radical (unpaired) electrons. The number of carbonyl (C=O) groups excluding carboxylic acids is 1. The molecule has 0 spiro atoms. The summed E-state index contributed by atoms with van der Waals surface area (Å²) >= 11 is 0. The van der Waals surface area contributed by atoms with Crippen molar-refractivity contribution in [1.29, 1.82) is 0 Å². The molecule has 7 heteroatoms. The first-order valence-corrected chi connectivity index (χ1v) is 10.6. The molecule has 26 heavy (non-hydrogen) atoms. The molecular formula is C19H30N2O4S. The van der Waals surface area contributed by atoms with Gasteiger partial charge in [-0.15, -0.1) is 0 Å². The van der Waals surface area contributed by atoms with Gasteiger partial charge in [0.2, 0.25) is 10.0 Å². The van der Waals surface area contributed by atoms with Crippen LogP contribution in [-0.2, 0) is 14.8 Å². The summed E-state index contributed by atoms with van der Waals surface area (Å²) < 4.78 is 32.3. The molecule has 0 saturated carbocycles. The van der Waals surface area contributed by atoms with Crippen molar-refractivity contribution in [3.8, 4) is 0 Å². The van der Waals surface area contributed by atoms with Gasteiger partial charge in [0, 0.05) is 24.7 Å². The normalized spacial score (nSPS) is 16.5. The van der Waals surface area contributed by atoms with Crippen LogP contribution in [0.2, 0.25) is 0 Å². The fourth-order valence-electron chi connectivity index (χ4n) is 3.27. The lowest BCUT2D eigenvalue weighted by Crippen LogP contribution is -2.42. The average molecular weight is 383 g/mol. The maximum atomic E-state index is 12.9. The van der Waals surface area contributed by atoms with Crippen LogP contribution in [0.25, 0.3) is 0 Å². The molecule has 6 nitrogen and oxygen atoms in total. The van der Waals surface area contributed by atoms with E-state index >= 15 is 0 Å². The minimum atomic E-state index is -3.62. The average Bonchev–Trinajstić information content (AvgIpc) is 2.59. The molecule has 1 amide bonds. The van der Waals surface area contributed by atoms with Crippen molar-refractivity contribution in [2.75, 3.05) is 26.3 Å². The Labute approximate surface area is 157 Å². The minimum Gasteiger partial charge on any atom is -0.379 e. The largest absolute Gasteiger partial charge is 0.379 e. The molecule has 1 aromatic rings. The lowest BCUT2D eigenvalue weighted by molar-refractivity contribution is 0.0730. The van der Waals surface area contributed by atoms with E-state index in [1.807, 2.05) is 6.92 Å². The summed E-state index contributed by atoms with van der Waals surface area (Å²) in [7, 11) is -3.62. The number of nitrogens with one attached hydrogen (secondary N) is 1. The van der Waals surface area contributed by atoms with Gasteiger partial charge in [-0.3, -0.25) is 4.79 Å². The van der Waals surface area contributed by atoms with Crippen molar-refractivity contribution in [1.82, 2.24) is 9.62 Å². The third-order valence-electron chi connectivity index (χ3n) is 4.80. The van der Waals surface area contributed by atoms with Crippen LogP contribution in [0.3, 0.4) is 0 Å². The van der Waals surface area contributed by atoms with Crippen LogP contribution in [0.1, 0.15) is 43.6 Å². The molecule has 1 aliphatic heterocycles. The van der Waals surface area contributed by atoms with E-state index < -0.39 is 10.0 Å². The molecule has 146 valence electrons. The third kappa shape index (κ3) is 4.64. The SMILES string of the molecule is Cc1ccc(S(=O)(=O)N2CCOCC2)cc1C(=O)NC(C(C)C)C(C)C. The van der Waals surface area contributed by atoms with Gasteiger partial charge in [0.1, 0.15) is 0 Å². The van der Waals surface area contributed by atoms with Gasteiger partial charge in [-0.05, 0) is 36.5 Å². The van der Waals surface area contributed by atoms with Gasteiger partial charge in [0.05, 0.1) is 18.1 Å². The molecule has 1 aromatic carbocycles. The van der Waals surface area contributed by atoms with Crippen LogP contribution in [-0.4, -0.2) is 51.0 Å². The lowest BCUT2D eigenvalue weighted by atomic mass is 9.93. The number of rotatable bonds is 6. The Bertz CT molecular complexity index is 730. The molecule has 1 N–H and O–H groups in total. The van der Waals surface area contributed by atoms with Crippen molar-refractivity contribution in [2.24, 2.45) is 11.8 Å². The molecule has 1 saturated heterocycles. The Morgan fingerprint density at radius 2 is 1.69 bits per heavy atom. The number of sulfonamides is 1. The molecule has 1 fully saturated rings. The first kappa shape index (κ1) is 20.9. The summed E-state index contributed by atoms with van der Waals surface area (Å²) in [6, 6.07) is 4.79. The highest BCUT2D eigenvalue weighted by Crippen LogP contribution is 2.21. The van der Waals surface area contributed by atoms with E-state index in [1.54, 1.807) is 12.1 Å². The van der Waals surface area contributed by atoms with E-state index in [2.05, 4.69) is 33.0 Å². The van der Waals surface area contributed by atoms with Crippen LogP contribution in [0.5, 0.6) is 0 Å². The lowest BCUT2D eigenvalue weighted by Gasteiger charge is -2.27. The summed E-state index contributed by atoms with van der Waals surface area (Å²) in [5.74, 6) is 0.355. The smallest absolute Gasteiger partial charge is 0.251 e. The van der Waals surface area contributed by atoms with E-state index in [0.717, 1.165) is 5.56 Å². The quantitative estimate of drug-likeness (QED) is 0.820. The first-order valence-electron chi connectivity index (χ1n) is 9.14. The van der Waals surface area contributed by atoms with Crippen molar-refractivity contribution in [2.45, 2.75) is 45.6 Å². The van der Waals surface area contributed by atoms with Crippen LogP contribution in [0.15, 0.2) is 23.1 Å². The Hall–Kier alpha value is -1.44. The second-order valence-electron chi connectivity index (χ2n) is 7.48. The number of carbonyl (C=O) groups is 1. The standard InChI is InChI=1S/C19H30N2O4S/c1-13(2)18(14(3)4)20-19(22)17-12-16(7-6-15(17)5)26(23,24)21-8-10-25-11-9-21/h6-7,12-14,18H,8-11H2,1-5H3,(H,20,22).